The van der Waals surface area contributed by atoms with E-state index in [1.54, 1.807) is 18.2 Å². The third-order valence-electron chi connectivity index (χ3n) is 2.66. The third-order valence-corrected chi connectivity index (χ3v) is 2.66. The lowest BCUT2D eigenvalue weighted by Crippen LogP contribution is -2.30. The minimum Gasteiger partial charge on any atom is -0.434 e. The summed E-state index contributed by atoms with van der Waals surface area (Å²) < 4.78 is 29.1. The van der Waals surface area contributed by atoms with Crippen molar-refractivity contribution in [3.63, 3.8) is 0 Å². The van der Waals surface area contributed by atoms with Gasteiger partial charge in [-0.05, 0) is 19.4 Å². The molecule has 0 bridgehead atoms. The molecule has 1 aromatic rings. The lowest BCUT2D eigenvalue weighted by Gasteiger charge is -2.21. The Morgan fingerprint density at radius 3 is 2.61 bits per heavy atom. The van der Waals surface area contributed by atoms with Crippen LogP contribution in [0.3, 0.4) is 0 Å². The van der Waals surface area contributed by atoms with Crippen molar-refractivity contribution in [1.29, 1.82) is 0 Å². The van der Waals surface area contributed by atoms with Gasteiger partial charge in [0.1, 0.15) is 5.75 Å². The molecule has 0 radical (unpaired) electrons. The molecule has 0 fully saturated rings. The Hall–Kier alpha value is -1.60. The van der Waals surface area contributed by atoms with Crippen LogP contribution in [0.5, 0.6) is 5.75 Å². The molecule has 0 aliphatic carbocycles. The minimum absolute atomic E-state index is 0.0837. The summed E-state index contributed by atoms with van der Waals surface area (Å²) in [6.07, 6.45) is 6.14. The molecule has 0 aliphatic heterocycles. The summed E-state index contributed by atoms with van der Waals surface area (Å²) in [6, 6.07) is 6.48. The summed E-state index contributed by atoms with van der Waals surface area (Å²) in [4.78, 5) is 0. The van der Waals surface area contributed by atoms with Gasteiger partial charge in [0.2, 0.25) is 0 Å². The van der Waals surface area contributed by atoms with Crippen molar-refractivity contribution in [1.82, 2.24) is 5.32 Å². The maximum Gasteiger partial charge on any atom is 0.387 e. The maximum absolute atomic E-state index is 12.3. The zero-order chi connectivity index (χ0) is 13.5. The number of terminal acetylenes is 1. The zero-order valence-electron chi connectivity index (χ0n) is 10.5. The van der Waals surface area contributed by atoms with Gasteiger partial charge in [0.15, 0.2) is 0 Å². The summed E-state index contributed by atoms with van der Waals surface area (Å²) >= 11 is 0. The van der Waals surface area contributed by atoms with E-state index in [-0.39, 0.29) is 17.8 Å². The highest BCUT2D eigenvalue weighted by Gasteiger charge is 2.16. The Kier molecular flexibility index (Phi) is 5.60. The van der Waals surface area contributed by atoms with Crippen LogP contribution in [0.2, 0.25) is 0 Å². The highest BCUT2D eigenvalue weighted by atomic mass is 19.3. The van der Waals surface area contributed by atoms with E-state index in [1.807, 2.05) is 13.8 Å². The number of halogens is 2. The van der Waals surface area contributed by atoms with Gasteiger partial charge >= 0.3 is 6.61 Å². The van der Waals surface area contributed by atoms with E-state index in [9.17, 15) is 8.78 Å². The van der Waals surface area contributed by atoms with Gasteiger partial charge in [0.05, 0.1) is 6.04 Å². The van der Waals surface area contributed by atoms with Crippen LogP contribution in [0, 0.1) is 12.3 Å². The first-order valence-electron chi connectivity index (χ1n) is 5.84. The van der Waals surface area contributed by atoms with Crippen molar-refractivity contribution < 1.29 is 13.5 Å². The first-order valence-corrected chi connectivity index (χ1v) is 5.84. The summed E-state index contributed by atoms with van der Waals surface area (Å²) in [7, 11) is 0. The van der Waals surface area contributed by atoms with Crippen LogP contribution in [0.25, 0.3) is 0 Å². The minimum atomic E-state index is -2.83. The number of alkyl halides is 2. The predicted molar refractivity (Wildman–Crippen MR) is 67.5 cm³/mol. The highest BCUT2D eigenvalue weighted by molar-refractivity contribution is 5.35. The summed E-state index contributed by atoms with van der Waals surface area (Å²) in [5, 5.41) is 3.19. The Bertz CT molecular complexity index is 415. The molecular weight excluding hydrogens is 236 g/mol. The fraction of sp³-hybridized carbons (Fsp3) is 0.429. The molecule has 98 valence electrons. The number of para-hydroxylation sites is 1. The fourth-order valence-corrected chi connectivity index (χ4v) is 1.72. The molecule has 2 nitrogen and oxygen atoms in total. The Morgan fingerprint density at radius 2 is 2.06 bits per heavy atom. The van der Waals surface area contributed by atoms with Crippen molar-refractivity contribution in [2.24, 2.45) is 0 Å². The van der Waals surface area contributed by atoms with E-state index in [0.29, 0.717) is 5.56 Å². The standard InChI is InChI=1S/C14H17F2NO/c1-4-11(5-2)17-10(3)12-8-6-7-9-13(12)18-14(15)16/h1,6-11,14,17H,5H2,2-3H3. The quantitative estimate of drug-likeness (QED) is 0.785. The summed E-state index contributed by atoms with van der Waals surface area (Å²) in [5.41, 5.74) is 0.673. The molecule has 2 atom stereocenters. The number of rotatable bonds is 6. The second kappa shape index (κ2) is 6.97. The van der Waals surface area contributed by atoms with Gasteiger partial charge in [0.25, 0.3) is 0 Å². The number of hydrogen-bond acceptors (Lipinski definition) is 2. The number of ether oxygens (including phenoxy) is 1. The topological polar surface area (TPSA) is 21.3 Å². The number of benzene rings is 1. The lowest BCUT2D eigenvalue weighted by atomic mass is 10.1. The molecule has 0 spiro atoms. The van der Waals surface area contributed by atoms with E-state index < -0.39 is 6.61 Å². The molecule has 0 aromatic heterocycles. The molecule has 1 rings (SSSR count). The molecule has 18 heavy (non-hydrogen) atoms. The van der Waals surface area contributed by atoms with Gasteiger partial charge in [-0.25, -0.2) is 0 Å². The summed E-state index contributed by atoms with van der Waals surface area (Å²) in [5.74, 6) is 2.79. The maximum atomic E-state index is 12.3. The van der Waals surface area contributed by atoms with Crippen LogP contribution in [-0.4, -0.2) is 12.7 Å². The average molecular weight is 253 g/mol. The normalized spacial score (nSPS) is 14.0. The van der Waals surface area contributed by atoms with E-state index in [4.69, 9.17) is 6.42 Å². The molecule has 2 unspecified atom stereocenters. The highest BCUT2D eigenvalue weighted by Crippen LogP contribution is 2.26. The Labute approximate surface area is 106 Å². The molecule has 1 N–H and O–H groups in total. The van der Waals surface area contributed by atoms with Crippen LogP contribution in [0.1, 0.15) is 31.9 Å². The van der Waals surface area contributed by atoms with Gasteiger partial charge in [-0.3, -0.25) is 5.32 Å². The molecule has 4 heteroatoms. The van der Waals surface area contributed by atoms with Crippen molar-refractivity contribution >= 4 is 0 Å². The van der Waals surface area contributed by atoms with Gasteiger partial charge in [-0.2, -0.15) is 8.78 Å². The van der Waals surface area contributed by atoms with Crippen molar-refractivity contribution in [2.75, 3.05) is 0 Å². The van der Waals surface area contributed by atoms with Crippen LogP contribution >= 0.6 is 0 Å². The first kappa shape index (κ1) is 14.5. The average Bonchev–Trinajstić information content (AvgIpc) is 2.35. The monoisotopic (exact) mass is 253 g/mol. The number of hydrogen-bond donors (Lipinski definition) is 1. The van der Waals surface area contributed by atoms with Crippen molar-refractivity contribution in [3.05, 3.63) is 29.8 Å². The van der Waals surface area contributed by atoms with E-state index >= 15 is 0 Å². The SMILES string of the molecule is C#CC(CC)NC(C)c1ccccc1OC(F)F. The van der Waals surface area contributed by atoms with Crippen molar-refractivity contribution in [3.8, 4) is 18.1 Å². The lowest BCUT2D eigenvalue weighted by molar-refractivity contribution is -0.0506. The van der Waals surface area contributed by atoms with Crippen LogP contribution in [-0.2, 0) is 0 Å². The van der Waals surface area contributed by atoms with E-state index in [0.717, 1.165) is 6.42 Å². The van der Waals surface area contributed by atoms with Gasteiger partial charge in [-0.1, -0.05) is 31.0 Å². The van der Waals surface area contributed by atoms with E-state index in [1.165, 1.54) is 6.07 Å². The summed E-state index contributed by atoms with van der Waals surface area (Å²) in [6.45, 7) is 1.01. The molecule has 0 amide bonds. The second-order valence-corrected chi connectivity index (χ2v) is 3.93. The molecule has 1 aromatic carbocycles. The van der Waals surface area contributed by atoms with Crippen LogP contribution in [0.15, 0.2) is 24.3 Å². The van der Waals surface area contributed by atoms with Gasteiger partial charge in [0, 0.05) is 11.6 Å². The Morgan fingerprint density at radius 1 is 1.39 bits per heavy atom. The second-order valence-electron chi connectivity index (χ2n) is 3.93. The Balaban J connectivity index is 2.84. The molecule has 0 heterocycles. The third kappa shape index (κ3) is 4.01. The van der Waals surface area contributed by atoms with Gasteiger partial charge in [-0.15, -0.1) is 6.42 Å². The molecule has 0 saturated carbocycles. The van der Waals surface area contributed by atoms with Crippen LogP contribution < -0.4 is 10.1 Å². The van der Waals surface area contributed by atoms with Crippen LogP contribution in [0.4, 0.5) is 8.78 Å². The van der Waals surface area contributed by atoms with Crippen molar-refractivity contribution in [2.45, 2.75) is 39.0 Å². The molecule has 0 saturated heterocycles. The molecule has 0 aliphatic rings. The first-order chi connectivity index (χ1) is 8.58. The van der Waals surface area contributed by atoms with Gasteiger partial charge < -0.3 is 4.74 Å². The predicted octanol–water partition coefficient (Wildman–Crippen LogP) is 3.35. The smallest absolute Gasteiger partial charge is 0.387 e. The van der Waals surface area contributed by atoms with E-state index in [2.05, 4.69) is 16.0 Å². The zero-order valence-corrected chi connectivity index (χ0v) is 10.5. The largest absolute Gasteiger partial charge is 0.434 e. The molecular formula is C14H17F2NO. The fourth-order valence-electron chi connectivity index (χ4n) is 1.72. The number of nitrogens with one attached hydrogen (secondary N) is 1.